The number of carboxylic acid groups (broad SMARTS) is 1. The van der Waals surface area contributed by atoms with Crippen molar-refractivity contribution in [3.63, 3.8) is 0 Å². The highest BCUT2D eigenvalue weighted by atomic mass is 16.5. The Balaban J connectivity index is 2.11. The van der Waals surface area contributed by atoms with Crippen molar-refractivity contribution in [2.75, 3.05) is 18.7 Å². The topological polar surface area (TPSA) is 62.1 Å². The van der Waals surface area contributed by atoms with Crippen LogP contribution in [-0.4, -0.2) is 30.9 Å². The summed E-state index contributed by atoms with van der Waals surface area (Å²) in [6.07, 6.45) is 1.64. The fraction of sp³-hybridized carbons (Fsp3) is 0.125. The van der Waals surface area contributed by atoms with E-state index in [4.69, 9.17) is 9.84 Å². The zero-order valence-corrected chi connectivity index (χ0v) is 11.6. The number of hydrazone groups is 1. The first-order chi connectivity index (χ1) is 10.2. The van der Waals surface area contributed by atoms with Crippen LogP contribution in [0.2, 0.25) is 0 Å². The van der Waals surface area contributed by atoms with Gasteiger partial charge in [-0.2, -0.15) is 5.10 Å². The van der Waals surface area contributed by atoms with Gasteiger partial charge in [0.25, 0.3) is 0 Å². The predicted molar refractivity (Wildman–Crippen MR) is 82.0 cm³/mol. The third-order valence-corrected chi connectivity index (χ3v) is 2.77. The highest BCUT2D eigenvalue weighted by molar-refractivity contribution is 5.84. The minimum atomic E-state index is -1.01. The Bertz CT molecular complexity index is 626. The maximum absolute atomic E-state index is 10.6. The Labute approximate surface area is 123 Å². The summed E-state index contributed by atoms with van der Waals surface area (Å²) in [6, 6.07) is 16.9. The summed E-state index contributed by atoms with van der Waals surface area (Å²) in [5, 5.41) is 14.7. The van der Waals surface area contributed by atoms with Gasteiger partial charge in [-0.15, -0.1) is 0 Å². The van der Waals surface area contributed by atoms with Gasteiger partial charge in [0.2, 0.25) is 0 Å². The number of hydrogen-bond acceptors (Lipinski definition) is 4. The number of rotatable bonds is 6. The summed E-state index contributed by atoms with van der Waals surface area (Å²) in [5.74, 6) is -0.520. The lowest BCUT2D eigenvalue weighted by atomic mass is 10.2. The zero-order valence-electron chi connectivity index (χ0n) is 11.6. The molecule has 5 nitrogen and oxygen atoms in total. The van der Waals surface area contributed by atoms with Gasteiger partial charge in [-0.05, 0) is 24.3 Å². The fourth-order valence-corrected chi connectivity index (χ4v) is 1.72. The van der Waals surface area contributed by atoms with E-state index in [1.165, 1.54) is 0 Å². The van der Waals surface area contributed by atoms with Crippen LogP contribution >= 0.6 is 0 Å². The lowest BCUT2D eigenvalue weighted by molar-refractivity contribution is -0.139. The van der Waals surface area contributed by atoms with Crippen molar-refractivity contribution in [1.82, 2.24) is 0 Å². The minimum absolute atomic E-state index is 0.376. The summed E-state index contributed by atoms with van der Waals surface area (Å²) in [4.78, 5) is 10.6. The van der Waals surface area contributed by atoms with E-state index in [1.807, 2.05) is 49.5 Å². The largest absolute Gasteiger partial charge is 0.481 e. The van der Waals surface area contributed by atoms with Crippen LogP contribution in [0.1, 0.15) is 5.56 Å². The first-order valence-electron chi connectivity index (χ1n) is 6.43. The number of para-hydroxylation sites is 2. The molecule has 0 atom stereocenters. The van der Waals surface area contributed by atoms with E-state index in [2.05, 4.69) is 5.10 Å². The van der Waals surface area contributed by atoms with Crippen LogP contribution in [0.15, 0.2) is 59.7 Å². The van der Waals surface area contributed by atoms with E-state index in [-0.39, 0.29) is 6.61 Å². The second-order valence-corrected chi connectivity index (χ2v) is 4.32. The molecule has 0 aliphatic carbocycles. The van der Waals surface area contributed by atoms with Crippen molar-refractivity contribution in [3.8, 4) is 5.75 Å². The Morgan fingerprint density at radius 1 is 1.19 bits per heavy atom. The quantitative estimate of drug-likeness (QED) is 0.654. The lowest BCUT2D eigenvalue weighted by Crippen LogP contribution is -2.11. The molecule has 1 N–H and O–H groups in total. The van der Waals surface area contributed by atoms with Crippen LogP contribution in [-0.2, 0) is 4.79 Å². The normalized spacial score (nSPS) is 10.5. The third kappa shape index (κ3) is 4.35. The van der Waals surface area contributed by atoms with Gasteiger partial charge in [0.1, 0.15) is 5.75 Å². The molecule has 0 saturated carbocycles. The first-order valence-corrected chi connectivity index (χ1v) is 6.43. The molecule has 0 saturated heterocycles. The first kappa shape index (κ1) is 14.6. The highest BCUT2D eigenvalue weighted by Gasteiger charge is 2.04. The molecule has 0 fully saturated rings. The van der Waals surface area contributed by atoms with E-state index in [1.54, 1.807) is 23.4 Å². The molecule has 0 aliphatic rings. The van der Waals surface area contributed by atoms with Gasteiger partial charge in [0, 0.05) is 12.6 Å². The van der Waals surface area contributed by atoms with Crippen molar-refractivity contribution < 1.29 is 14.6 Å². The summed E-state index contributed by atoms with van der Waals surface area (Å²) in [7, 11) is 1.84. The molecule has 5 heteroatoms. The number of carbonyl (C=O) groups is 1. The molecule has 0 bridgehead atoms. The van der Waals surface area contributed by atoms with Crippen molar-refractivity contribution >= 4 is 17.9 Å². The molecule has 0 unspecified atom stereocenters. The highest BCUT2D eigenvalue weighted by Crippen LogP contribution is 2.17. The van der Waals surface area contributed by atoms with Crippen molar-refractivity contribution in [3.05, 3.63) is 60.2 Å². The van der Waals surface area contributed by atoms with Crippen LogP contribution in [0, 0.1) is 0 Å². The van der Waals surface area contributed by atoms with Crippen LogP contribution in [0.3, 0.4) is 0 Å². The van der Waals surface area contributed by atoms with Crippen LogP contribution < -0.4 is 9.75 Å². The Morgan fingerprint density at radius 2 is 1.86 bits per heavy atom. The molecular formula is C16H16N2O3. The molecule has 0 aliphatic heterocycles. The van der Waals surface area contributed by atoms with Crippen LogP contribution in [0.4, 0.5) is 5.69 Å². The zero-order chi connectivity index (χ0) is 15.1. The monoisotopic (exact) mass is 284 g/mol. The number of anilines is 1. The van der Waals surface area contributed by atoms with E-state index >= 15 is 0 Å². The van der Waals surface area contributed by atoms with Gasteiger partial charge in [-0.3, -0.25) is 5.01 Å². The molecule has 0 amide bonds. The number of ether oxygens (including phenoxy) is 1. The average molecular weight is 284 g/mol. The molecule has 21 heavy (non-hydrogen) atoms. The standard InChI is InChI=1S/C16H16N2O3/c1-18(14-8-3-2-4-9-14)17-11-13-7-5-6-10-15(13)21-12-16(19)20/h2-11H,12H2,1H3,(H,19,20)/b17-11-. The number of carboxylic acids is 1. The number of hydrogen-bond donors (Lipinski definition) is 1. The lowest BCUT2D eigenvalue weighted by Gasteiger charge is -2.13. The van der Waals surface area contributed by atoms with Crippen molar-refractivity contribution in [1.29, 1.82) is 0 Å². The third-order valence-electron chi connectivity index (χ3n) is 2.77. The predicted octanol–water partition coefficient (Wildman–Crippen LogP) is 2.62. The van der Waals surface area contributed by atoms with E-state index in [0.717, 1.165) is 11.3 Å². The number of aliphatic carboxylic acids is 1. The number of benzene rings is 2. The molecule has 0 aromatic heterocycles. The second kappa shape index (κ2) is 7.09. The Hall–Kier alpha value is -2.82. The SMILES string of the molecule is CN(/N=C\c1ccccc1OCC(=O)O)c1ccccc1. The average Bonchev–Trinajstić information content (AvgIpc) is 2.52. The smallest absolute Gasteiger partial charge is 0.341 e. The maximum atomic E-state index is 10.6. The van der Waals surface area contributed by atoms with Crippen molar-refractivity contribution in [2.24, 2.45) is 5.10 Å². The molecule has 2 aromatic rings. The second-order valence-electron chi connectivity index (χ2n) is 4.32. The summed E-state index contributed by atoms with van der Waals surface area (Å²) in [5.41, 5.74) is 1.68. The molecular weight excluding hydrogens is 268 g/mol. The molecule has 0 radical (unpaired) electrons. The molecule has 0 spiro atoms. The Kier molecular flexibility index (Phi) is 4.93. The molecule has 2 aromatic carbocycles. The van der Waals surface area contributed by atoms with E-state index < -0.39 is 5.97 Å². The van der Waals surface area contributed by atoms with Gasteiger partial charge < -0.3 is 9.84 Å². The van der Waals surface area contributed by atoms with Gasteiger partial charge in [-0.1, -0.05) is 30.3 Å². The van der Waals surface area contributed by atoms with Crippen molar-refractivity contribution in [2.45, 2.75) is 0 Å². The molecule has 108 valence electrons. The Morgan fingerprint density at radius 3 is 2.57 bits per heavy atom. The van der Waals surface area contributed by atoms with Crippen LogP contribution in [0.5, 0.6) is 5.75 Å². The van der Waals surface area contributed by atoms with Gasteiger partial charge >= 0.3 is 5.97 Å². The summed E-state index contributed by atoms with van der Waals surface area (Å²) >= 11 is 0. The summed E-state index contributed by atoms with van der Waals surface area (Å²) in [6.45, 7) is -0.376. The number of nitrogens with zero attached hydrogens (tertiary/aromatic N) is 2. The van der Waals surface area contributed by atoms with E-state index in [0.29, 0.717) is 5.75 Å². The maximum Gasteiger partial charge on any atom is 0.341 e. The van der Waals surface area contributed by atoms with Gasteiger partial charge in [0.05, 0.1) is 11.9 Å². The van der Waals surface area contributed by atoms with Crippen LogP contribution in [0.25, 0.3) is 0 Å². The van der Waals surface area contributed by atoms with E-state index in [9.17, 15) is 4.79 Å². The van der Waals surface area contributed by atoms with Gasteiger partial charge in [-0.25, -0.2) is 4.79 Å². The summed E-state index contributed by atoms with van der Waals surface area (Å²) < 4.78 is 5.23. The van der Waals surface area contributed by atoms with Gasteiger partial charge in [0.15, 0.2) is 6.61 Å². The minimum Gasteiger partial charge on any atom is -0.481 e. The fourth-order valence-electron chi connectivity index (χ4n) is 1.72. The molecule has 0 heterocycles. The molecule has 2 rings (SSSR count).